The molecular formula is C19H24N2O2S2. The number of hydrogen-bond acceptors (Lipinski definition) is 4. The Hall–Kier alpha value is -1.92. The Morgan fingerprint density at radius 1 is 1.32 bits per heavy atom. The summed E-state index contributed by atoms with van der Waals surface area (Å²) in [6.45, 7) is 6.18. The van der Waals surface area contributed by atoms with Crippen LogP contribution in [-0.4, -0.2) is 18.2 Å². The molecule has 0 saturated carbocycles. The van der Waals surface area contributed by atoms with E-state index in [1.165, 1.54) is 29.6 Å². The molecule has 1 unspecified atom stereocenters. The van der Waals surface area contributed by atoms with Crippen molar-refractivity contribution in [3.05, 3.63) is 51.9 Å². The van der Waals surface area contributed by atoms with E-state index in [4.69, 9.17) is 17.0 Å². The second-order valence-corrected chi connectivity index (χ2v) is 7.57. The molecule has 0 radical (unpaired) electrons. The van der Waals surface area contributed by atoms with Gasteiger partial charge in [0.2, 0.25) is 0 Å². The molecule has 2 rings (SSSR count). The molecule has 0 bridgehead atoms. The molecule has 1 atom stereocenters. The summed E-state index contributed by atoms with van der Waals surface area (Å²) >= 11 is 6.88. The highest BCUT2D eigenvalue weighted by molar-refractivity contribution is 7.80. The number of carbonyl (C=O) groups is 1. The van der Waals surface area contributed by atoms with Crippen molar-refractivity contribution in [3.8, 4) is 0 Å². The van der Waals surface area contributed by atoms with Gasteiger partial charge in [0.25, 0.3) is 0 Å². The lowest BCUT2D eigenvalue weighted by Gasteiger charge is -2.17. The van der Waals surface area contributed by atoms with Gasteiger partial charge in [-0.1, -0.05) is 37.6 Å². The fraction of sp³-hybridized carbons (Fsp3) is 0.368. The molecule has 25 heavy (non-hydrogen) atoms. The predicted molar refractivity (Wildman–Crippen MR) is 109 cm³/mol. The summed E-state index contributed by atoms with van der Waals surface area (Å²) in [5.41, 5.74) is 3.02. The fourth-order valence-corrected chi connectivity index (χ4v) is 3.80. The quantitative estimate of drug-likeness (QED) is 0.558. The first kappa shape index (κ1) is 19.4. The van der Waals surface area contributed by atoms with E-state index in [-0.39, 0.29) is 12.0 Å². The molecule has 2 N–H and O–H groups in total. The molecule has 1 aromatic carbocycles. The van der Waals surface area contributed by atoms with Crippen LogP contribution in [0.1, 0.15) is 52.7 Å². The van der Waals surface area contributed by atoms with E-state index in [0.29, 0.717) is 15.7 Å². The number of aryl methyl sites for hydroxylation is 2. The van der Waals surface area contributed by atoms with Gasteiger partial charge >= 0.3 is 5.97 Å². The van der Waals surface area contributed by atoms with Gasteiger partial charge in [-0.2, -0.15) is 0 Å². The van der Waals surface area contributed by atoms with Gasteiger partial charge < -0.3 is 15.4 Å². The van der Waals surface area contributed by atoms with Gasteiger partial charge in [0, 0.05) is 4.88 Å². The molecule has 2 aromatic rings. The van der Waals surface area contributed by atoms with E-state index in [0.717, 1.165) is 17.7 Å². The van der Waals surface area contributed by atoms with Crippen LogP contribution < -0.4 is 10.6 Å². The van der Waals surface area contributed by atoms with Gasteiger partial charge in [-0.3, -0.25) is 0 Å². The highest BCUT2D eigenvalue weighted by Gasteiger charge is 2.17. The van der Waals surface area contributed by atoms with Crippen LogP contribution in [0, 0.1) is 6.92 Å². The van der Waals surface area contributed by atoms with E-state index in [2.05, 4.69) is 48.7 Å². The van der Waals surface area contributed by atoms with E-state index in [9.17, 15) is 4.79 Å². The molecule has 0 saturated heterocycles. The minimum Gasteiger partial charge on any atom is -0.465 e. The van der Waals surface area contributed by atoms with E-state index >= 15 is 0 Å². The molecule has 0 aliphatic heterocycles. The number of hydrogen-bond donors (Lipinski definition) is 2. The van der Waals surface area contributed by atoms with Crippen molar-refractivity contribution in [2.75, 3.05) is 12.4 Å². The smallest absolute Gasteiger partial charge is 0.340 e. The van der Waals surface area contributed by atoms with Crippen LogP contribution in [0.4, 0.5) is 5.00 Å². The average Bonchev–Trinajstić information content (AvgIpc) is 2.95. The summed E-state index contributed by atoms with van der Waals surface area (Å²) in [7, 11) is 1.37. The Labute approximate surface area is 158 Å². The zero-order chi connectivity index (χ0) is 18.4. The Bertz CT molecular complexity index is 738. The average molecular weight is 377 g/mol. The summed E-state index contributed by atoms with van der Waals surface area (Å²) in [6.07, 6.45) is 2.24. The van der Waals surface area contributed by atoms with E-state index < -0.39 is 0 Å². The number of thiocarbonyl (C=S) groups is 1. The third kappa shape index (κ3) is 5.28. The van der Waals surface area contributed by atoms with Gasteiger partial charge in [-0.05, 0) is 49.7 Å². The second kappa shape index (κ2) is 8.97. The van der Waals surface area contributed by atoms with Gasteiger partial charge in [-0.25, -0.2) is 4.79 Å². The van der Waals surface area contributed by atoms with E-state index in [1.807, 2.05) is 6.92 Å². The van der Waals surface area contributed by atoms with E-state index in [1.54, 1.807) is 6.07 Å². The Kier molecular flexibility index (Phi) is 6.96. The molecule has 0 aliphatic carbocycles. The number of anilines is 1. The predicted octanol–water partition coefficient (Wildman–Crippen LogP) is 4.84. The Morgan fingerprint density at radius 3 is 2.60 bits per heavy atom. The first-order valence-corrected chi connectivity index (χ1v) is 9.52. The van der Waals surface area contributed by atoms with Crippen molar-refractivity contribution < 1.29 is 9.53 Å². The molecule has 0 amide bonds. The number of rotatable bonds is 6. The van der Waals surface area contributed by atoms with Crippen LogP contribution in [0.25, 0.3) is 0 Å². The molecule has 134 valence electrons. The molecule has 1 aromatic heterocycles. The minimum absolute atomic E-state index is 0.0679. The molecule has 1 heterocycles. The van der Waals surface area contributed by atoms with Crippen molar-refractivity contribution >= 4 is 39.6 Å². The lowest BCUT2D eigenvalue weighted by Crippen LogP contribution is -2.31. The third-order valence-electron chi connectivity index (χ3n) is 3.85. The van der Waals surface area contributed by atoms with Crippen LogP contribution in [0.5, 0.6) is 0 Å². The standard InChI is InChI=1S/C19H24N2O2S2/c1-5-6-14-7-9-15(10-8-14)13(3)20-19(24)21-17-16(18(22)23-4)11-12(2)25-17/h7-11,13H,5-6H2,1-4H3,(H2,20,21,24). The van der Waals surface area contributed by atoms with Gasteiger partial charge in [-0.15, -0.1) is 11.3 Å². The molecule has 4 nitrogen and oxygen atoms in total. The first-order chi connectivity index (χ1) is 11.9. The van der Waals surface area contributed by atoms with Crippen LogP contribution in [0.15, 0.2) is 30.3 Å². The first-order valence-electron chi connectivity index (χ1n) is 8.29. The van der Waals surface area contributed by atoms with Crippen molar-refractivity contribution in [3.63, 3.8) is 0 Å². The third-order valence-corrected chi connectivity index (χ3v) is 5.04. The number of ether oxygens (including phenoxy) is 1. The molecule has 6 heteroatoms. The Morgan fingerprint density at radius 2 is 2.00 bits per heavy atom. The monoisotopic (exact) mass is 376 g/mol. The lowest BCUT2D eigenvalue weighted by molar-refractivity contribution is 0.0602. The van der Waals surface area contributed by atoms with Gasteiger partial charge in [0.15, 0.2) is 5.11 Å². The molecule has 0 spiro atoms. The largest absolute Gasteiger partial charge is 0.465 e. The molecule has 0 aliphatic rings. The summed E-state index contributed by atoms with van der Waals surface area (Å²) < 4.78 is 4.82. The summed E-state index contributed by atoms with van der Waals surface area (Å²) in [4.78, 5) is 12.9. The maximum Gasteiger partial charge on any atom is 0.340 e. The summed E-state index contributed by atoms with van der Waals surface area (Å²) in [5.74, 6) is -0.366. The topological polar surface area (TPSA) is 50.4 Å². The van der Waals surface area contributed by atoms with Crippen molar-refractivity contribution in [2.45, 2.75) is 39.7 Å². The highest BCUT2D eigenvalue weighted by atomic mass is 32.1. The zero-order valence-corrected chi connectivity index (χ0v) is 16.6. The van der Waals surface area contributed by atoms with Crippen molar-refractivity contribution in [2.24, 2.45) is 0 Å². The second-order valence-electron chi connectivity index (χ2n) is 5.90. The fourth-order valence-electron chi connectivity index (χ4n) is 2.55. The number of esters is 1. The lowest BCUT2D eigenvalue weighted by atomic mass is 10.0. The maximum absolute atomic E-state index is 11.8. The number of thiophene rings is 1. The van der Waals surface area contributed by atoms with Crippen molar-refractivity contribution in [1.82, 2.24) is 5.32 Å². The van der Waals surface area contributed by atoms with Crippen LogP contribution >= 0.6 is 23.6 Å². The van der Waals surface area contributed by atoms with Gasteiger partial charge in [0.1, 0.15) is 5.00 Å². The molecular weight excluding hydrogens is 352 g/mol. The summed E-state index contributed by atoms with van der Waals surface area (Å²) in [6, 6.07) is 10.4. The Balaban J connectivity index is 2.01. The normalized spacial score (nSPS) is 11.7. The van der Waals surface area contributed by atoms with Crippen LogP contribution in [0.3, 0.4) is 0 Å². The SMILES string of the molecule is CCCc1ccc(C(C)NC(=S)Nc2sc(C)cc2C(=O)OC)cc1. The van der Waals surface area contributed by atoms with Gasteiger partial charge in [0.05, 0.1) is 18.7 Å². The minimum atomic E-state index is -0.366. The number of methoxy groups -OCH3 is 1. The zero-order valence-electron chi connectivity index (χ0n) is 15.0. The summed E-state index contributed by atoms with van der Waals surface area (Å²) in [5, 5.41) is 7.57. The van der Waals surface area contributed by atoms with Crippen molar-refractivity contribution in [1.29, 1.82) is 0 Å². The number of benzene rings is 1. The number of nitrogens with one attached hydrogen (secondary N) is 2. The molecule has 0 fully saturated rings. The highest BCUT2D eigenvalue weighted by Crippen LogP contribution is 2.28. The number of carbonyl (C=O) groups excluding carboxylic acids is 1. The van der Waals surface area contributed by atoms with Crippen LogP contribution in [-0.2, 0) is 11.2 Å². The van der Waals surface area contributed by atoms with Crippen LogP contribution in [0.2, 0.25) is 0 Å². The maximum atomic E-state index is 11.8.